The molecule has 0 aromatic heterocycles. The average molecular weight is 352 g/mol. The Balaban J connectivity index is 1.42. The fourth-order valence-electron chi connectivity index (χ4n) is 3.77. The molecule has 1 amide bonds. The molecule has 136 valence electrons. The average Bonchev–Trinajstić information content (AvgIpc) is 2.81. The van der Waals surface area contributed by atoms with Crippen LogP contribution in [0.2, 0.25) is 0 Å². The number of hydrogen-bond donors (Lipinski definition) is 1. The summed E-state index contributed by atoms with van der Waals surface area (Å²) < 4.78 is 11.3. The molecule has 0 unspecified atom stereocenters. The molecular formula is C21H24N2O3. The minimum Gasteiger partial charge on any atom is -0.497 e. The first-order valence-electron chi connectivity index (χ1n) is 9.07. The second kappa shape index (κ2) is 7.00. The summed E-state index contributed by atoms with van der Waals surface area (Å²) in [7, 11) is 1.69. The highest BCUT2D eigenvalue weighted by molar-refractivity contribution is 5.97. The second-order valence-electron chi connectivity index (χ2n) is 7.15. The Morgan fingerprint density at radius 2 is 1.96 bits per heavy atom. The van der Waals surface area contributed by atoms with Crippen LogP contribution in [0, 0.1) is 5.41 Å². The number of nitrogens with zero attached hydrogens (tertiary/aromatic N) is 1. The van der Waals surface area contributed by atoms with Crippen molar-refractivity contribution >= 4 is 11.6 Å². The van der Waals surface area contributed by atoms with Crippen LogP contribution in [-0.2, 0) is 11.3 Å². The zero-order valence-corrected chi connectivity index (χ0v) is 15.0. The smallest absolute Gasteiger partial charge is 0.234 e. The normalized spacial score (nSPS) is 19.2. The van der Waals surface area contributed by atoms with E-state index in [9.17, 15) is 4.79 Å². The molecule has 5 nitrogen and oxygen atoms in total. The van der Waals surface area contributed by atoms with Crippen LogP contribution in [-0.4, -0.2) is 37.6 Å². The monoisotopic (exact) mass is 352 g/mol. The fraction of sp³-hybridized carbons (Fsp3) is 0.381. The number of carbonyl (C=O) groups is 1. The molecular weight excluding hydrogens is 328 g/mol. The van der Waals surface area contributed by atoms with E-state index in [1.807, 2.05) is 36.4 Å². The SMILES string of the molecule is COc1cccc(CN2CCC3(CC2)COc2ccccc2NC3=O)c1. The topological polar surface area (TPSA) is 50.8 Å². The molecule has 2 aliphatic heterocycles. The van der Waals surface area contributed by atoms with Gasteiger partial charge in [0, 0.05) is 6.54 Å². The van der Waals surface area contributed by atoms with E-state index < -0.39 is 5.41 Å². The van der Waals surface area contributed by atoms with Crippen LogP contribution in [0.5, 0.6) is 11.5 Å². The summed E-state index contributed by atoms with van der Waals surface area (Å²) in [4.78, 5) is 15.3. The van der Waals surface area contributed by atoms with Gasteiger partial charge in [0.1, 0.15) is 18.1 Å². The van der Waals surface area contributed by atoms with E-state index in [-0.39, 0.29) is 5.91 Å². The first-order valence-corrected chi connectivity index (χ1v) is 9.07. The molecule has 0 radical (unpaired) electrons. The summed E-state index contributed by atoms with van der Waals surface area (Å²) in [5.41, 5.74) is 1.56. The molecule has 26 heavy (non-hydrogen) atoms. The first kappa shape index (κ1) is 16.9. The van der Waals surface area contributed by atoms with Crippen molar-refractivity contribution in [2.75, 3.05) is 32.1 Å². The van der Waals surface area contributed by atoms with Crippen molar-refractivity contribution in [1.82, 2.24) is 4.90 Å². The Hall–Kier alpha value is -2.53. The Morgan fingerprint density at radius 1 is 1.15 bits per heavy atom. The van der Waals surface area contributed by atoms with Crippen LogP contribution >= 0.6 is 0 Å². The second-order valence-corrected chi connectivity index (χ2v) is 7.15. The summed E-state index contributed by atoms with van der Waals surface area (Å²) in [5, 5.41) is 3.06. The molecule has 5 heteroatoms. The summed E-state index contributed by atoms with van der Waals surface area (Å²) in [6, 6.07) is 15.8. The van der Waals surface area contributed by atoms with Crippen molar-refractivity contribution < 1.29 is 14.3 Å². The highest BCUT2D eigenvalue weighted by Crippen LogP contribution is 2.39. The largest absolute Gasteiger partial charge is 0.497 e. The van der Waals surface area contributed by atoms with Gasteiger partial charge in [-0.15, -0.1) is 0 Å². The van der Waals surface area contributed by atoms with Gasteiger partial charge in [-0.05, 0) is 55.8 Å². The van der Waals surface area contributed by atoms with Crippen LogP contribution in [0.4, 0.5) is 5.69 Å². The van der Waals surface area contributed by atoms with Gasteiger partial charge in [-0.2, -0.15) is 0 Å². The number of likely N-dealkylation sites (tertiary alicyclic amines) is 1. The van der Waals surface area contributed by atoms with Gasteiger partial charge in [-0.3, -0.25) is 9.69 Å². The number of nitrogens with one attached hydrogen (secondary N) is 1. The summed E-state index contributed by atoms with van der Waals surface area (Å²) >= 11 is 0. The molecule has 2 aromatic rings. The number of piperidine rings is 1. The predicted molar refractivity (Wildman–Crippen MR) is 101 cm³/mol. The van der Waals surface area contributed by atoms with Gasteiger partial charge < -0.3 is 14.8 Å². The van der Waals surface area contributed by atoms with Gasteiger partial charge in [0.05, 0.1) is 18.2 Å². The number of amides is 1. The standard InChI is InChI=1S/C21H24N2O3/c1-25-17-6-4-5-16(13-17)14-23-11-9-21(10-12-23)15-26-19-8-3-2-7-18(19)22-20(21)24/h2-8,13H,9-12,14-15H2,1H3,(H,22,24). The Morgan fingerprint density at radius 3 is 2.77 bits per heavy atom. The highest BCUT2D eigenvalue weighted by atomic mass is 16.5. The van der Waals surface area contributed by atoms with Crippen molar-refractivity contribution in [1.29, 1.82) is 0 Å². The van der Waals surface area contributed by atoms with Crippen LogP contribution in [0.15, 0.2) is 48.5 Å². The predicted octanol–water partition coefficient (Wildman–Crippen LogP) is 3.31. The quantitative estimate of drug-likeness (QED) is 0.921. The molecule has 2 aromatic carbocycles. The number of ether oxygens (including phenoxy) is 2. The number of carbonyl (C=O) groups excluding carboxylic acids is 1. The maximum absolute atomic E-state index is 12.9. The van der Waals surface area contributed by atoms with Crippen molar-refractivity contribution in [2.45, 2.75) is 19.4 Å². The van der Waals surface area contributed by atoms with Crippen molar-refractivity contribution in [2.24, 2.45) is 5.41 Å². The maximum Gasteiger partial charge on any atom is 0.234 e. The van der Waals surface area contributed by atoms with E-state index in [0.717, 1.165) is 49.7 Å². The van der Waals surface area contributed by atoms with E-state index in [1.54, 1.807) is 7.11 Å². The van der Waals surface area contributed by atoms with Crippen molar-refractivity contribution in [3.05, 3.63) is 54.1 Å². The Labute approximate surface area is 153 Å². The number of anilines is 1. The van der Waals surface area contributed by atoms with Gasteiger partial charge in [0.15, 0.2) is 0 Å². The van der Waals surface area contributed by atoms with E-state index in [4.69, 9.17) is 9.47 Å². The van der Waals surface area contributed by atoms with Gasteiger partial charge in [0.2, 0.25) is 5.91 Å². The molecule has 1 saturated heterocycles. The molecule has 0 bridgehead atoms. The maximum atomic E-state index is 12.9. The lowest BCUT2D eigenvalue weighted by Crippen LogP contribution is -2.48. The fourth-order valence-corrected chi connectivity index (χ4v) is 3.77. The minimum atomic E-state index is -0.441. The Bertz CT molecular complexity index is 797. The van der Waals surface area contributed by atoms with Crippen molar-refractivity contribution in [3.63, 3.8) is 0 Å². The number of benzene rings is 2. The number of fused-ring (bicyclic) bond motifs is 1. The van der Waals surface area contributed by atoms with Gasteiger partial charge >= 0.3 is 0 Å². The molecule has 2 heterocycles. The van der Waals surface area contributed by atoms with Crippen LogP contribution in [0.3, 0.4) is 0 Å². The van der Waals surface area contributed by atoms with E-state index >= 15 is 0 Å². The lowest BCUT2D eigenvalue weighted by molar-refractivity contribution is -0.130. The third kappa shape index (κ3) is 3.27. The molecule has 4 rings (SSSR count). The van der Waals surface area contributed by atoms with Crippen LogP contribution in [0.25, 0.3) is 0 Å². The number of hydrogen-bond acceptors (Lipinski definition) is 4. The van der Waals surface area contributed by atoms with Crippen LogP contribution < -0.4 is 14.8 Å². The van der Waals surface area contributed by atoms with E-state index in [2.05, 4.69) is 22.3 Å². The van der Waals surface area contributed by atoms with Gasteiger partial charge in [0.25, 0.3) is 0 Å². The lowest BCUT2D eigenvalue weighted by atomic mass is 9.78. The molecule has 1 N–H and O–H groups in total. The van der Waals surface area contributed by atoms with E-state index in [1.165, 1.54) is 5.56 Å². The summed E-state index contributed by atoms with van der Waals surface area (Å²) in [6.45, 7) is 3.08. The zero-order valence-electron chi connectivity index (χ0n) is 15.0. The molecule has 1 fully saturated rings. The first-order chi connectivity index (χ1) is 12.7. The number of rotatable bonds is 3. The van der Waals surface area contributed by atoms with Crippen LogP contribution in [0.1, 0.15) is 18.4 Å². The summed E-state index contributed by atoms with van der Waals surface area (Å²) in [5.74, 6) is 1.73. The minimum absolute atomic E-state index is 0.0866. The molecule has 2 aliphatic rings. The zero-order chi connectivity index (χ0) is 18.0. The Kier molecular flexibility index (Phi) is 4.55. The number of para-hydroxylation sites is 2. The van der Waals surface area contributed by atoms with Crippen molar-refractivity contribution in [3.8, 4) is 11.5 Å². The highest BCUT2D eigenvalue weighted by Gasteiger charge is 2.44. The van der Waals surface area contributed by atoms with Gasteiger partial charge in [-0.25, -0.2) is 0 Å². The third-order valence-electron chi connectivity index (χ3n) is 5.47. The van der Waals surface area contributed by atoms with Gasteiger partial charge in [-0.1, -0.05) is 24.3 Å². The molecule has 0 atom stereocenters. The molecule has 0 saturated carbocycles. The third-order valence-corrected chi connectivity index (χ3v) is 5.47. The molecule has 0 aliphatic carbocycles. The molecule has 1 spiro atoms. The lowest BCUT2D eigenvalue weighted by Gasteiger charge is -2.39. The summed E-state index contributed by atoms with van der Waals surface area (Å²) in [6.07, 6.45) is 1.60. The number of methoxy groups -OCH3 is 1. The van der Waals surface area contributed by atoms with E-state index in [0.29, 0.717) is 6.61 Å².